The fourth-order valence-electron chi connectivity index (χ4n) is 1.42. The van der Waals surface area contributed by atoms with Crippen LogP contribution in [-0.4, -0.2) is 15.3 Å². The molecule has 0 saturated carbocycles. The summed E-state index contributed by atoms with van der Waals surface area (Å²) >= 11 is 3.36. The van der Waals surface area contributed by atoms with Crippen molar-refractivity contribution in [2.45, 2.75) is 0 Å². The Morgan fingerprint density at radius 2 is 2.06 bits per heavy atom. The number of aryl methyl sites for hydroxylation is 1. The zero-order chi connectivity index (χ0) is 12.3. The average Bonchev–Trinajstić information content (AvgIpc) is 2.74. The molecule has 2 aromatic rings. The van der Waals surface area contributed by atoms with E-state index in [1.807, 2.05) is 24.3 Å². The third-order valence-corrected chi connectivity index (χ3v) is 2.87. The van der Waals surface area contributed by atoms with Gasteiger partial charge < -0.3 is 4.57 Å². The molecule has 4 heteroatoms. The van der Waals surface area contributed by atoms with Gasteiger partial charge in [0.1, 0.15) is 0 Å². The van der Waals surface area contributed by atoms with E-state index in [-0.39, 0.29) is 5.78 Å². The van der Waals surface area contributed by atoms with E-state index in [0.29, 0.717) is 5.82 Å². The first-order valence-electron chi connectivity index (χ1n) is 5.12. The number of rotatable bonds is 3. The van der Waals surface area contributed by atoms with Crippen molar-refractivity contribution < 1.29 is 4.79 Å². The minimum absolute atomic E-state index is 0.0968. The van der Waals surface area contributed by atoms with E-state index in [1.54, 1.807) is 30.1 Å². The molecule has 3 nitrogen and oxygen atoms in total. The van der Waals surface area contributed by atoms with Gasteiger partial charge in [0.2, 0.25) is 5.78 Å². The predicted octanol–water partition coefficient (Wildman–Crippen LogP) is 3.08. The molecule has 0 bridgehead atoms. The Balaban J connectivity index is 2.14. The van der Waals surface area contributed by atoms with Crippen molar-refractivity contribution in [1.29, 1.82) is 0 Å². The summed E-state index contributed by atoms with van der Waals surface area (Å²) in [5.41, 5.74) is 0.982. The lowest BCUT2D eigenvalue weighted by molar-refractivity contribution is 0.103. The number of hydrogen-bond acceptors (Lipinski definition) is 2. The second kappa shape index (κ2) is 5.10. The quantitative estimate of drug-likeness (QED) is 0.643. The maximum absolute atomic E-state index is 11.8. The molecule has 0 N–H and O–H groups in total. The van der Waals surface area contributed by atoms with Crippen molar-refractivity contribution in [1.82, 2.24) is 9.55 Å². The van der Waals surface area contributed by atoms with Gasteiger partial charge in [-0.1, -0.05) is 34.1 Å². The Kier molecular flexibility index (Phi) is 3.54. The summed E-state index contributed by atoms with van der Waals surface area (Å²) in [6, 6.07) is 7.74. The second-order valence-electron chi connectivity index (χ2n) is 3.61. The Morgan fingerprint density at radius 3 is 2.65 bits per heavy atom. The third kappa shape index (κ3) is 2.91. The monoisotopic (exact) mass is 290 g/mol. The molecule has 0 unspecified atom stereocenters. The van der Waals surface area contributed by atoms with Gasteiger partial charge in [-0.3, -0.25) is 4.79 Å². The van der Waals surface area contributed by atoms with Gasteiger partial charge in [0, 0.05) is 23.9 Å². The van der Waals surface area contributed by atoms with Crippen molar-refractivity contribution >= 4 is 27.8 Å². The molecule has 0 spiro atoms. The fourth-order valence-corrected chi connectivity index (χ4v) is 1.69. The van der Waals surface area contributed by atoms with Crippen LogP contribution in [0.15, 0.2) is 47.2 Å². The van der Waals surface area contributed by atoms with Crippen molar-refractivity contribution in [2.75, 3.05) is 0 Å². The first-order chi connectivity index (χ1) is 8.16. The van der Waals surface area contributed by atoms with Crippen LogP contribution in [0, 0.1) is 0 Å². The van der Waals surface area contributed by atoms with Crippen molar-refractivity contribution in [3.8, 4) is 0 Å². The van der Waals surface area contributed by atoms with E-state index in [2.05, 4.69) is 20.9 Å². The second-order valence-corrected chi connectivity index (χ2v) is 4.53. The zero-order valence-electron chi connectivity index (χ0n) is 9.30. The molecule has 17 heavy (non-hydrogen) atoms. The summed E-state index contributed by atoms with van der Waals surface area (Å²) in [4.78, 5) is 15.8. The molecular weight excluding hydrogens is 280 g/mol. The molecule has 0 fully saturated rings. The Labute approximate surface area is 108 Å². The van der Waals surface area contributed by atoms with Crippen molar-refractivity contribution in [3.63, 3.8) is 0 Å². The number of aromatic nitrogens is 2. The number of nitrogens with zero attached hydrogens (tertiary/aromatic N) is 2. The van der Waals surface area contributed by atoms with E-state index in [9.17, 15) is 4.79 Å². The van der Waals surface area contributed by atoms with Crippen LogP contribution in [0.5, 0.6) is 0 Å². The molecule has 0 aliphatic rings. The number of allylic oxidation sites excluding steroid dienone is 1. The number of halogens is 1. The fraction of sp³-hybridized carbons (Fsp3) is 0.0769. The highest BCUT2D eigenvalue weighted by molar-refractivity contribution is 9.10. The zero-order valence-corrected chi connectivity index (χ0v) is 10.9. The van der Waals surface area contributed by atoms with Gasteiger partial charge in [-0.25, -0.2) is 4.98 Å². The largest absolute Gasteiger partial charge is 0.331 e. The van der Waals surface area contributed by atoms with E-state index in [4.69, 9.17) is 0 Å². The maximum atomic E-state index is 11.8. The molecule has 86 valence electrons. The van der Waals surface area contributed by atoms with E-state index in [1.165, 1.54) is 6.08 Å². The molecule has 0 amide bonds. The molecule has 0 saturated heterocycles. The normalized spacial score (nSPS) is 10.9. The van der Waals surface area contributed by atoms with Crippen molar-refractivity contribution in [3.05, 3.63) is 58.6 Å². The standard InChI is InChI=1S/C13H11BrN2O/c1-16-9-8-15-13(16)12(17)7-4-10-2-5-11(14)6-3-10/h2-9H,1H3/b7-4+. The van der Waals surface area contributed by atoms with E-state index < -0.39 is 0 Å². The van der Waals surface area contributed by atoms with Crippen LogP contribution in [0.2, 0.25) is 0 Å². The molecule has 0 atom stereocenters. The number of benzene rings is 1. The van der Waals surface area contributed by atoms with E-state index in [0.717, 1.165) is 10.0 Å². The van der Waals surface area contributed by atoms with Crippen LogP contribution in [-0.2, 0) is 7.05 Å². The minimum Gasteiger partial charge on any atom is -0.331 e. The molecule has 1 aromatic heterocycles. The smallest absolute Gasteiger partial charge is 0.221 e. The lowest BCUT2D eigenvalue weighted by atomic mass is 10.2. The molecule has 1 heterocycles. The SMILES string of the molecule is Cn1ccnc1C(=O)/C=C/c1ccc(Br)cc1. The number of imidazole rings is 1. The molecule has 0 aliphatic heterocycles. The molecule has 2 rings (SSSR count). The third-order valence-electron chi connectivity index (χ3n) is 2.34. The number of carbonyl (C=O) groups excluding carboxylic acids is 1. The number of ketones is 1. The first-order valence-corrected chi connectivity index (χ1v) is 5.91. The maximum Gasteiger partial charge on any atom is 0.221 e. The number of hydrogen-bond donors (Lipinski definition) is 0. The van der Waals surface area contributed by atoms with Crippen LogP contribution in [0.1, 0.15) is 16.2 Å². The summed E-state index contributed by atoms with van der Waals surface area (Å²) in [5.74, 6) is 0.346. The molecule has 1 aromatic carbocycles. The van der Waals surface area contributed by atoms with Gasteiger partial charge in [0.05, 0.1) is 0 Å². The summed E-state index contributed by atoms with van der Waals surface area (Å²) in [7, 11) is 1.80. The van der Waals surface area contributed by atoms with Gasteiger partial charge in [-0.15, -0.1) is 0 Å². The summed E-state index contributed by atoms with van der Waals surface area (Å²) in [5, 5.41) is 0. The average molecular weight is 291 g/mol. The van der Waals surface area contributed by atoms with Crippen LogP contribution in [0.3, 0.4) is 0 Å². The van der Waals surface area contributed by atoms with Crippen LogP contribution in [0.4, 0.5) is 0 Å². The molecular formula is C13H11BrN2O. The molecule has 0 radical (unpaired) electrons. The first kappa shape index (κ1) is 11.8. The lowest BCUT2D eigenvalue weighted by Gasteiger charge is -1.96. The van der Waals surface area contributed by atoms with Crippen LogP contribution in [0.25, 0.3) is 6.08 Å². The Morgan fingerprint density at radius 1 is 1.35 bits per heavy atom. The van der Waals surface area contributed by atoms with Crippen LogP contribution < -0.4 is 0 Å². The van der Waals surface area contributed by atoms with E-state index >= 15 is 0 Å². The van der Waals surface area contributed by atoms with Gasteiger partial charge in [0.15, 0.2) is 5.82 Å². The Bertz CT molecular complexity index is 555. The number of carbonyl (C=O) groups is 1. The van der Waals surface area contributed by atoms with Crippen LogP contribution >= 0.6 is 15.9 Å². The van der Waals surface area contributed by atoms with Gasteiger partial charge in [0.25, 0.3) is 0 Å². The van der Waals surface area contributed by atoms with Crippen molar-refractivity contribution in [2.24, 2.45) is 7.05 Å². The highest BCUT2D eigenvalue weighted by Gasteiger charge is 2.06. The molecule has 0 aliphatic carbocycles. The predicted molar refractivity (Wildman–Crippen MR) is 70.7 cm³/mol. The van der Waals surface area contributed by atoms with Gasteiger partial charge in [-0.05, 0) is 23.8 Å². The highest BCUT2D eigenvalue weighted by Crippen LogP contribution is 2.11. The Hall–Kier alpha value is -1.68. The summed E-state index contributed by atoms with van der Waals surface area (Å²) in [6.45, 7) is 0. The topological polar surface area (TPSA) is 34.9 Å². The van der Waals surface area contributed by atoms with Gasteiger partial charge in [-0.2, -0.15) is 0 Å². The van der Waals surface area contributed by atoms with Gasteiger partial charge >= 0.3 is 0 Å². The summed E-state index contributed by atoms with van der Waals surface area (Å²) in [6.07, 6.45) is 6.68. The lowest BCUT2D eigenvalue weighted by Crippen LogP contribution is -2.03. The highest BCUT2D eigenvalue weighted by atomic mass is 79.9. The minimum atomic E-state index is -0.0968. The summed E-state index contributed by atoms with van der Waals surface area (Å²) < 4.78 is 2.72.